The summed E-state index contributed by atoms with van der Waals surface area (Å²) in [6.45, 7) is 5.66. The fourth-order valence-electron chi connectivity index (χ4n) is 2.71. The molecule has 0 aliphatic heterocycles. The first-order valence-corrected chi connectivity index (χ1v) is 7.07. The van der Waals surface area contributed by atoms with Crippen molar-refractivity contribution in [3.8, 4) is 0 Å². The van der Waals surface area contributed by atoms with Crippen molar-refractivity contribution in [1.82, 2.24) is 10.2 Å². The highest BCUT2D eigenvalue weighted by Gasteiger charge is 2.40. The first-order chi connectivity index (χ1) is 8.41. The van der Waals surface area contributed by atoms with Crippen LogP contribution in [0.25, 0.3) is 0 Å². The molecule has 106 valence electrons. The van der Waals surface area contributed by atoms with Gasteiger partial charge in [0, 0.05) is 19.1 Å². The molecule has 1 atom stereocenters. The van der Waals surface area contributed by atoms with Crippen molar-refractivity contribution < 1.29 is 4.79 Å². The van der Waals surface area contributed by atoms with Gasteiger partial charge in [-0.1, -0.05) is 26.7 Å². The third-order valence-electron chi connectivity index (χ3n) is 4.12. The minimum Gasteiger partial charge on any atom is -0.351 e. The predicted molar refractivity (Wildman–Crippen MR) is 75.3 cm³/mol. The van der Waals surface area contributed by atoms with Crippen molar-refractivity contribution >= 4 is 5.91 Å². The molecule has 0 aromatic carbocycles. The van der Waals surface area contributed by atoms with Gasteiger partial charge in [0.25, 0.3) is 0 Å². The summed E-state index contributed by atoms with van der Waals surface area (Å²) in [5.41, 5.74) is 5.56. The Bertz CT molecular complexity index is 270. The summed E-state index contributed by atoms with van der Waals surface area (Å²) in [6, 6.07) is 0.205. The van der Waals surface area contributed by atoms with Crippen LogP contribution in [0.5, 0.6) is 0 Å². The van der Waals surface area contributed by atoms with Gasteiger partial charge in [-0.25, -0.2) is 0 Å². The van der Waals surface area contributed by atoms with E-state index in [1.54, 1.807) is 0 Å². The van der Waals surface area contributed by atoms with Crippen LogP contribution in [0.4, 0.5) is 0 Å². The van der Waals surface area contributed by atoms with Crippen molar-refractivity contribution in [1.29, 1.82) is 0 Å². The lowest BCUT2D eigenvalue weighted by Gasteiger charge is -2.32. The highest BCUT2D eigenvalue weighted by Crippen LogP contribution is 2.37. The Kier molecular flexibility index (Phi) is 5.60. The molecule has 0 heterocycles. The van der Waals surface area contributed by atoms with Crippen LogP contribution in [0.3, 0.4) is 0 Å². The Morgan fingerprint density at radius 3 is 2.28 bits per heavy atom. The quantitative estimate of drug-likeness (QED) is 0.750. The zero-order valence-corrected chi connectivity index (χ0v) is 12.3. The average Bonchev–Trinajstić information content (AvgIpc) is 2.77. The van der Waals surface area contributed by atoms with E-state index >= 15 is 0 Å². The SMILES string of the molecule is CC(C)C(CN(C)C)NC(=O)C1(CN)CCCC1. The van der Waals surface area contributed by atoms with Crippen molar-refractivity contribution in [3.63, 3.8) is 0 Å². The lowest BCUT2D eigenvalue weighted by Crippen LogP contribution is -2.52. The molecule has 3 N–H and O–H groups in total. The van der Waals surface area contributed by atoms with E-state index < -0.39 is 0 Å². The van der Waals surface area contributed by atoms with E-state index in [0.717, 1.165) is 32.2 Å². The lowest BCUT2D eigenvalue weighted by molar-refractivity contribution is -0.131. The Morgan fingerprint density at radius 2 is 1.89 bits per heavy atom. The largest absolute Gasteiger partial charge is 0.351 e. The van der Waals surface area contributed by atoms with Crippen LogP contribution in [0.15, 0.2) is 0 Å². The van der Waals surface area contributed by atoms with Gasteiger partial charge in [-0.2, -0.15) is 0 Å². The van der Waals surface area contributed by atoms with Crippen molar-refractivity contribution in [2.45, 2.75) is 45.6 Å². The number of nitrogens with two attached hydrogens (primary N) is 1. The number of nitrogens with one attached hydrogen (secondary N) is 1. The van der Waals surface area contributed by atoms with Crippen LogP contribution >= 0.6 is 0 Å². The van der Waals surface area contributed by atoms with E-state index in [1.807, 2.05) is 14.1 Å². The molecular formula is C14H29N3O. The summed E-state index contributed by atoms with van der Waals surface area (Å²) in [4.78, 5) is 14.6. The molecule has 0 saturated heterocycles. The van der Waals surface area contributed by atoms with Gasteiger partial charge >= 0.3 is 0 Å². The van der Waals surface area contributed by atoms with E-state index in [2.05, 4.69) is 24.1 Å². The van der Waals surface area contributed by atoms with Crippen molar-refractivity contribution in [2.24, 2.45) is 17.1 Å². The van der Waals surface area contributed by atoms with Crippen LogP contribution in [-0.4, -0.2) is 44.0 Å². The summed E-state index contributed by atoms with van der Waals surface area (Å²) in [5.74, 6) is 0.607. The number of hydrogen-bond acceptors (Lipinski definition) is 3. The number of nitrogens with zero attached hydrogens (tertiary/aromatic N) is 1. The molecule has 4 nitrogen and oxygen atoms in total. The maximum Gasteiger partial charge on any atom is 0.227 e. The second-order valence-electron chi connectivity index (χ2n) is 6.28. The van der Waals surface area contributed by atoms with E-state index in [0.29, 0.717) is 12.5 Å². The molecular weight excluding hydrogens is 226 g/mol. The summed E-state index contributed by atoms with van der Waals surface area (Å²) in [7, 11) is 4.08. The molecule has 1 aliphatic rings. The van der Waals surface area contributed by atoms with Gasteiger partial charge in [-0.15, -0.1) is 0 Å². The lowest BCUT2D eigenvalue weighted by atomic mass is 9.84. The van der Waals surface area contributed by atoms with Gasteiger partial charge in [0.05, 0.1) is 5.41 Å². The monoisotopic (exact) mass is 255 g/mol. The summed E-state index contributed by atoms with van der Waals surface area (Å²) >= 11 is 0. The Balaban J connectivity index is 2.65. The Morgan fingerprint density at radius 1 is 1.33 bits per heavy atom. The first-order valence-electron chi connectivity index (χ1n) is 7.07. The minimum atomic E-state index is -0.292. The van der Waals surface area contributed by atoms with E-state index in [4.69, 9.17) is 5.73 Å². The fraction of sp³-hybridized carbons (Fsp3) is 0.929. The molecule has 0 aromatic heterocycles. The molecule has 1 amide bonds. The minimum absolute atomic E-state index is 0.169. The standard InChI is InChI=1S/C14H29N3O/c1-11(2)12(9-17(3)4)16-13(18)14(10-15)7-5-6-8-14/h11-12H,5-10,15H2,1-4H3,(H,16,18). The molecule has 4 heteroatoms. The van der Waals surface area contributed by atoms with Gasteiger partial charge in [-0.3, -0.25) is 4.79 Å². The topological polar surface area (TPSA) is 58.4 Å². The Labute approximate surface area is 111 Å². The molecule has 1 fully saturated rings. The van der Waals surface area contributed by atoms with Gasteiger partial charge in [-0.05, 0) is 32.9 Å². The number of carbonyl (C=O) groups is 1. The number of carbonyl (C=O) groups excluding carboxylic acids is 1. The number of rotatable bonds is 6. The summed E-state index contributed by atoms with van der Waals surface area (Å²) in [6.07, 6.45) is 4.15. The molecule has 0 aromatic rings. The Hall–Kier alpha value is -0.610. The fourth-order valence-corrected chi connectivity index (χ4v) is 2.71. The van der Waals surface area contributed by atoms with Gasteiger partial charge < -0.3 is 16.0 Å². The first kappa shape index (κ1) is 15.4. The van der Waals surface area contributed by atoms with E-state index in [9.17, 15) is 4.79 Å². The van der Waals surface area contributed by atoms with Gasteiger partial charge in [0.2, 0.25) is 5.91 Å². The highest BCUT2D eigenvalue weighted by atomic mass is 16.2. The van der Waals surface area contributed by atoms with Crippen LogP contribution in [0.2, 0.25) is 0 Å². The summed E-state index contributed by atoms with van der Waals surface area (Å²) in [5, 5.41) is 3.22. The summed E-state index contributed by atoms with van der Waals surface area (Å²) < 4.78 is 0. The zero-order valence-electron chi connectivity index (χ0n) is 12.3. The normalized spacial score (nSPS) is 20.4. The molecule has 1 unspecified atom stereocenters. The molecule has 18 heavy (non-hydrogen) atoms. The van der Waals surface area contributed by atoms with E-state index in [1.165, 1.54) is 0 Å². The third kappa shape index (κ3) is 3.69. The second-order valence-corrected chi connectivity index (χ2v) is 6.28. The van der Waals surface area contributed by atoms with Crippen molar-refractivity contribution in [2.75, 3.05) is 27.2 Å². The number of hydrogen-bond donors (Lipinski definition) is 2. The average molecular weight is 255 g/mol. The van der Waals surface area contributed by atoms with Crippen LogP contribution in [0.1, 0.15) is 39.5 Å². The van der Waals surface area contributed by atoms with E-state index in [-0.39, 0.29) is 17.4 Å². The number of amides is 1. The molecule has 1 rings (SSSR count). The molecule has 0 radical (unpaired) electrons. The van der Waals surface area contributed by atoms with Gasteiger partial charge in [0.15, 0.2) is 0 Å². The smallest absolute Gasteiger partial charge is 0.227 e. The molecule has 1 aliphatic carbocycles. The highest BCUT2D eigenvalue weighted by molar-refractivity contribution is 5.83. The molecule has 1 saturated carbocycles. The molecule has 0 spiro atoms. The van der Waals surface area contributed by atoms with Gasteiger partial charge in [0.1, 0.15) is 0 Å². The maximum absolute atomic E-state index is 12.5. The second kappa shape index (κ2) is 6.53. The third-order valence-corrected chi connectivity index (χ3v) is 4.12. The van der Waals surface area contributed by atoms with Crippen LogP contribution in [-0.2, 0) is 4.79 Å². The predicted octanol–water partition coefficient (Wildman–Crippen LogP) is 1.21. The van der Waals surface area contributed by atoms with Crippen molar-refractivity contribution in [3.05, 3.63) is 0 Å². The van der Waals surface area contributed by atoms with Crippen LogP contribution < -0.4 is 11.1 Å². The van der Waals surface area contributed by atoms with Crippen LogP contribution in [0, 0.1) is 11.3 Å². The number of likely N-dealkylation sites (N-methyl/N-ethyl adjacent to an activating group) is 1. The maximum atomic E-state index is 12.5. The molecule has 0 bridgehead atoms. The zero-order chi connectivity index (χ0) is 13.8.